The quantitative estimate of drug-likeness (QED) is 0.595. The molecule has 1 rings (SSSR count). The van der Waals surface area contributed by atoms with Crippen LogP contribution in [-0.4, -0.2) is 41.9 Å². The van der Waals surface area contributed by atoms with Crippen molar-refractivity contribution in [3.8, 4) is 0 Å². The Labute approximate surface area is 71.2 Å². The molecule has 0 radical (unpaired) electrons. The van der Waals surface area contributed by atoms with E-state index >= 15 is 0 Å². The van der Waals surface area contributed by atoms with Gasteiger partial charge < -0.3 is 14.9 Å². The molecule has 1 aliphatic rings. The van der Waals surface area contributed by atoms with Gasteiger partial charge in [-0.2, -0.15) is 0 Å². The lowest BCUT2D eigenvalue weighted by Crippen LogP contribution is -2.31. The first-order chi connectivity index (χ1) is 5.74. The number of carbonyl (C=O) groups is 1. The van der Waals surface area contributed by atoms with Gasteiger partial charge in [0.1, 0.15) is 5.78 Å². The first kappa shape index (κ1) is 9.64. The zero-order valence-electron chi connectivity index (χ0n) is 6.90. The fourth-order valence-electron chi connectivity index (χ4n) is 1.30. The van der Waals surface area contributed by atoms with Crippen LogP contribution < -0.4 is 0 Å². The van der Waals surface area contributed by atoms with E-state index in [0.717, 1.165) is 0 Å². The summed E-state index contributed by atoms with van der Waals surface area (Å²) in [5, 5.41) is 17.6. The Morgan fingerprint density at radius 3 is 3.00 bits per heavy atom. The van der Waals surface area contributed by atoms with E-state index in [1.54, 1.807) is 0 Å². The molecule has 12 heavy (non-hydrogen) atoms. The predicted molar refractivity (Wildman–Crippen MR) is 41.6 cm³/mol. The van der Waals surface area contributed by atoms with Crippen molar-refractivity contribution in [2.24, 2.45) is 5.92 Å². The molecule has 0 bridgehead atoms. The number of hydrogen-bond donors (Lipinski definition) is 2. The number of ether oxygens (including phenoxy) is 1. The van der Waals surface area contributed by atoms with Crippen molar-refractivity contribution in [3.63, 3.8) is 0 Å². The van der Waals surface area contributed by atoms with Crippen LogP contribution in [0.5, 0.6) is 0 Å². The molecule has 2 N–H and O–H groups in total. The second kappa shape index (κ2) is 4.54. The topological polar surface area (TPSA) is 66.8 Å². The molecule has 0 aromatic heterocycles. The van der Waals surface area contributed by atoms with E-state index in [9.17, 15) is 4.79 Å². The van der Waals surface area contributed by atoms with E-state index < -0.39 is 6.10 Å². The van der Waals surface area contributed by atoms with Crippen LogP contribution in [0.15, 0.2) is 0 Å². The molecule has 0 amide bonds. The van der Waals surface area contributed by atoms with Crippen LogP contribution >= 0.6 is 0 Å². The van der Waals surface area contributed by atoms with Gasteiger partial charge in [0.15, 0.2) is 0 Å². The Kier molecular flexibility index (Phi) is 3.65. The molecule has 4 heteroatoms. The summed E-state index contributed by atoms with van der Waals surface area (Å²) in [7, 11) is 0. The Bertz CT molecular complexity index is 157. The monoisotopic (exact) mass is 174 g/mol. The van der Waals surface area contributed by atoms with Crippen LogP contribution in [0, 0.1) is 5.92 Å². The lowest BCUT2D eigenvalue weighted by molar-refractivity contribution is -0.132. The summed E-state index contributed by atoms with van der Waals surface area (Å²) < 4.78 is 5.08. The minimum Gasteiger partial charge on any atom is -0.394 e. The smallest absolute Gasteiger partial charge is 0.140 e. The third kappa shape index (κ3) is 2.55. The number of hydrogen-bond acceptors (Lipinski definition) is 4. The molecular formula is C8H14O4. The fraction of sp³-hybridized carbons (Fsp3) is 0.875. The predicted octanol–water partition coefficient (Wildman–Crippen LogP) is -0.665. The van der Waals surface area contributed by atoms with Crippen LogP contribution in [0.1, 0.15) is 12.8 Å². The Morgan fingerprint density at radius 2 is 2.42 bits per heavy atom. The molecule has 1 aliphatic heterocycles. The van der Waals surface area contributed by atoms with Gasteiger partial charge in [0.05, 0.1) is 25.9 Å². The van der Waals surface area contributed by atoms with Gasteiger partial charge in [-0.25, -0.2) is 0 Å². The summed E-state index contributed by atoms with van der Waals surface area (Å²) in [4.78, 5) is 11.2. The van der Waals surface area contributed by atoms with Gasteiger partial charge >= 0.3 is 0 Å². The maximum atomic E-state index is 11.2. The van der Waals surface area contributed by atoms with E-state index in [-0.39, 0.29) is 18.3 Å². The highest BCUT2D eigenvalue weighted by Gasteiger charge is 2.24. The lowest BCUT2D eigenvalue weighted by atomic mass is 9.94. The molecule has 0 saturated carbocycles. The van der Waals surface area contributed by atoms with Gasteiger partial charge in [-0.05, 0) is 6.42 Å². The highest BCUT2D eigenvalue weighted by atomic mass is 16.5. The molecule has 2 atom stereocenters. The van der Waals surface area contributed by atoms with Crippen LogP contribution in [0.4, 0.5) is 0 Å². The SMILES string of the molecule is O=C1CCOCC1CC(O)CO. The van der Waals surface area contributed by atoms with E-state index in [1.165, 1.54) is 0 Å². The molecule has 0 aromatic rings. The molecule has 0 aliphatic carbocycles. The van der Waals surface area contributed by atoms with Gasteiger partial charge in [0.25, 0.3) is 0 Å². The number of rotatable bonds is 3. The third-order valence-corrected chi connectivity index (χ3v) is 2.03. The van der Waals surface area contributed by atoms with Crippen molar-refractivity contribution in [3.05, 3.63) is 0 Å². The second-order valence-electron chi connectivity index (χ2n) is 3.06. The molecule has 2 unspecified atom stereocenters. The van der Waals surface area contributed by atoms with E-state index in [2.05, 4.69) is 0 Å². The first-order valence-electron chi connectivity index (χ1n) is 4.13. The minimum atomic E-state index is -0.791. The zero-order chi connectivity index (χ0) is 8.97. The van der Waals surface area contributed by atoms with Gasteiger partial charge in [-0.1, -0.05) is 0 Å². The molecule has 70 valence electrons. The van der Waals surface area contributed by atoms with Crippen molar-refractivity contribution in [2.45, 2.75) is 18.9 Å². The average Bonchev–Trinajstić information content (AvgIpc) is 2.09. The summed E-state index contributed by atoms with van der Waals surface area (Å²) in [5.74, 6) is -0.0883. The molecule has 1 heterocycles. The molecular weight excluding hydrogens is 160 g/mol. The zero-order valence-corrected chi connectivity index (χ0v) is 6.90. The number of carbonyl (C=O) groups excluding carboxylic acids is 1. The van der Waals surface area contributed by atoms with E-state index in [1.807, 2.05) is 0 Å². The summed E-state index contributed by atoms with van der Waals surface area (Å²) in [6.07, 6.45) is -0.0429. The molecule has 4 nitrogen and oxygen atoms in total. The van der Waals surface area contributed by atoms with Crippen molar-refractivity contribution in [2.75, 3.05) is 19.8 Å². The minimum absolute atomic E-state index is 0.133. The number of Topliss-reactive ketones (excluding diaryl/α,β-unsaturated/α-hetero) is 1. The van der Waals surface area contributed by atoms with Crippen LogP contribution in [0.25, 0.3) is 0 Å². The number of aliphatic hydroxyl groups excluding tert-OH is 2. The summed E-state index contributed by atoms with van der Waals surface area (Å²) in [6, 6.07) is 0. The average molecular weight is 174 g/mol. The van der Waals surface area contributed by atoms with Crippen LogP contribution in [0.3, 0.4) is 0 Å². The van der Waals surface area contributed by atoms with Crippen LogP contribution in [-0.2, 0) is 9.53 Å². The maximum Gasteiger partial charge on any atom is 0.140 e. The van der Waals surface area contributed by atoms with Gasteiger partial charge in [0.2, 0.25) is 0 Å². The Morgan fingerprint density at radius 1 is 1.67 bits per heavy atom. The Balaban J connectivity index is 2.34. The fourth-order valence-corrected chi connectivity index (χ4v) is 1.30. The van der Waals surface area contributed by atoms with Crippen LogP contribution in [0.2, 0.25) is 0 Å². The summed E-state index contributed by atoms with van der Waals surface area (Å²) in [5.41, 5.74) is 0. The highest BCUT2D eigenvalue weighted by Crippen LogP contribution is 2.15. The summed E-state index contributed by atoms with van der Waals surface area (Å²) >= 11 is 0. The number of ketones is 1. The highest BCUT2D eigenvalue weighted by molar-refractivity contribution is 5.81. The first-order valence-corrected chi connectivity index (χ1v) is 4.13. The van der Waals surface area contributed by atoms with Crippen molar-refractivity contribution < 1.29 is 19.7 Å². The van der Waals surface area contributed by atoms with Crippen molar-refractivity contribution in [1.29, 1.82) is 0 Å². The van der Waals surface area contributed by atoms with Crippen molar-refractivity contribution >= 4 is 5.78 Å². The Hall–Kier alpha value is -0.450. The normalized spacial score (nSPS) is 27.2. The van der Waals surface area contributed by atoms with Gasteiger partial charge in [-0.3, -0.25) is 4.79 Å². The lowest BCUT2D eigenvalue weighted by Gasteiger charge is -2.22. The second-order valence-corrected chi connectivity index (χ2v) is 3.06. The van der Waals surface area contributed by atoms with Crippen molar-refractivity contribution in [1.82, 2.24) is 0 Å². The van der Waals surface area contributed by atoms with E-state index in [4.69, 9.17) is 14.9 Å². The van der Waals surface area contributed by atoms with Gasteiger partial charge in [-0.15, -0.1) is 0 Å². The number of aliphatic hydroxyl groups is 2. The molecule has 0 aromatic carbocycles. The molecule has 1 saturated heterocycles. The van der Waals surface area contributed by atoms with Gasteiger partial charge in [0, 0.05) is 12.3 Å². The molecule has 0 spiro atoms. The largest absolute Gasteiger partial charge is 0.394 e. The standard InChI is InChI=1S/C8H14O4/c9-4-7(10)3-6-5-12-2-1-8(6)11/h6-7,9-10H,1-5H2. The van der Waals surface area contributed by atoms with E-state index in [0.29, 0.717) is 26.1 Å². The molecule has 1 fully saturated rings. The maximum absolute atomic E-state index is 11.2. The third-order valence-electron chi connectivity index (χ3n) is 2.03. The summed E-state index contributed by atoms with van der Waals surface area (Å²) in [6.45, 7) is 0.588.